The Bertz CT molecular complexity index is 493. The molecule has 3 nitrogen and oxygen atoms in total. The molecule has 1 aromatic carbocycles. The lowest BCUT2D eigenvalue weighted by Gasteiger charge is -2.39. The number of rotatable bonds is 2. The first-order valence-corrected chi connectivity index (χ1v) is 8.07. The van der Waals surface area contributed by atoms with Gasteiger partial charge in [0.15, 0.2) is 0 Å². The van der Waals surface area contributed by atoms with E-state index in [9.17, 15) is 4.79 Å². The molecule has 3 heteroatoms. The molecule has 2 saturated heterocycles. The van der Waals surface area contributed by atoms with E-state index in [4.69, 9.17) is 4.74 Å². The number of carbonyl (C=O) groups excluding carboxylic acids is 1. The van der Waals surface area contributed by atoms with Crippen molar-refractivity contribution in [2.24, 2.45) is 5.41 Å². The van der Waals surface area contributed by atoms with Gasteiger partial charge < -0.3 is 9.64 Å². The van der Waals surface area contributed by atoms with Gasteiger partial charge in [0.2, 0.25) is 5.91 Å². The SMILES string of the molecule is CC(C(=O)N1CCC2(CCOCC2)C1C)c1ccccc1. The molecule has 2 aliphatic rings. The molecule has 114 valence electrons. The molecule has 0 aromatic heterocycles. The van der Waals surface area contributed by atoms with Crippen molar-refractivity contribution >= 4 is 5.91 Å². The molecular formula is C18H25NO2. The Labute approximate surface area is 127 Å². The molecule has 0 radical (unpaired) electrons. The maximum atomic E-state index is 12.9. The molecule has 2 fully saturated rings. The van der Waals surface area contributed by atoms with Crippen molar-refractivity contribution < 1.29 is 9.53 Å². The van der Waals surface area contributed by atoms with E-state index in [0.717, 1.165) is 44.6 Å². The Balaban J connectivity index is 1.74. The third-order valence-electron chi connectivity index (χ3n) is 5.65. The van der Waals surface area contributed by atoms with Crippen molar-refractivity contribution in [3.8, 4) is 0 Å². The second-order valence-corrected chi connectivity index (χ2v) is 6.56. The van der Waals surface area contributed by atoms with Crippen molar-refractivity contribution in [1.82, 2.24) is 4.90 Å². The van der Waals surface area contributed by atoms with Gasteiger partial charge in [-0.15, -0.1) is 0 Å². The molecule has 1 amide bonds. The average molecular weight is 287 g/mol. The lowest BCUT2D eigenvalue weighted by molar-refractivity contribution is -0.134. The van der Waals surface area contributed by atoms with Crippen LogP contribution in [0.25, 0.3) is 0 Å². The number of hydrogen-bond acceptors (Lipinski definition) is 2. The molecule has 0 aliphatic carbocycles. The van der Waals surface area contributed by atoms with Gasteiger partial charge in [0.05, 0.1) is 5.92 Å². The number of amides is 1. The smallest absolute Gasteiger partial charge is 0.230 e. The number of ether oxygens (including phenoxy) is 1. The molecule has 1 aromatic rings. The summed E-state index contributed by atoms with van der Waals surface area (Å²) in [6, 6.07) is 10.4. The fourth-order valence-electron chi connectivity index (χ4n) is 3.96. The lowest BCUT2D eigenvalue weighted by Crippen LogP contribution is -2.44. The van der Waals surface area contributed by atoms with Crippen molar-refractivity contribution in [3.63, 3.8) is 0 Å². The Morgan fingerprint density at radius 2 is 1.90 bits per heavy atom. The van der Waals surface area contributed by atoms with Crippen LogP contribution in [-0.4, -0.2) is 36.6 Å². The van der Waals surface area contributed by atoms with Crippen LogP contribution in [0.15, 0.2) is 30.3 Å². The summed E-state index contributed by atoms with van der Waals surface area (Å²) in [5, 5.41) is 0. The van der Waals surface area contributed by atoms with Gasteiger partial charge in [-0.05, 0) is 44.1 Å². The van der Waals surface area contributed by atoms with Gasteiger partial charge >= 0.3 is 0 Å². The zero-order valence-electron chi connectivity index (χ0n) is 13.0. The number of nitrogens with zero attached hydrogens (tertiary/aromatic N) is 1. The number of carbonyl (C=O) groups is 1. The molecule has 0 bridgehead atoms. The second kappa shape index (κ2) is 5.80. The summed E-state index contributed by atoms with van der Waals surface area (Å²) in [7, 11) is 0. The fourth-order valence-corrected chi connectivity index (χ4v) is 3.96. The molecule has 2 aliphatic heterocycles. The van der Waals surface area contributed by atoms with Crippen molar-refractivity contribution in [2.45, 2.75) is 45.1 Å². The molecule has 2 heterocycles. The van der Waals surface area contributed by atoms with E-state index in [2.05, 4.69) is 11.8 Å². The van der Waals surface area contributed by atoms with Crippen LogP contribution < -0.4 is 0 Å². The normalized spacial score (nSPS) is 26.0. The zero-order valence-corrected chi connectivity index (χ0v) is 13.0. The van der Waals surface area contributed by atoms with Gasteiger partial charge in [-0.25, -0.2) is 0 Å². The molecule has 1 spiro atoms. The standard InChI is InChI=1S/C18H25NO2/c1-14(16-6-4-3-5-7-16)17(20)19-11-8-18(15(19)2)9-12-21-13-10-18/h3-7,14-15H,8-13H2,1-2H3. The van der Waals surface area contributed by atoms with Crippen molar-refractivity contribution in [2.75, 3.05) is 19.8 Å². The van der Waals surface area contributed by atoms with E-state index in [1.165, 1.54) is 0 Å². The number of benzene rings is 1. The highest BCUT2D eigenvalue weighted by atomic mass is 16.5. The Morgan fingerprint density at radius 1 is 1.24 bits per heavy atom. The van der Waals surface area contributed by atoms with E-state index >= 15 is 0 Å². The van der Waals surface area contributed by atoms with Gasteiger partial charge in [-0.2, -0.15) is 0 Å². The number of hydrogen-bond donors (Lipinski definition) is 0. The topological polar surface area (TPSA) is 29.5 Å². The monoisotopic (exact) mass is 287 g/mol. The zero-order chi connectivity index (χ0) is 14.9. The van der Waals surface area contributed by atoms with Crippen molar-refractivity contribution in [3.05, 3.63) is 35.9 Å². The fraction of sp³-hybridized carbons (Fsp3) is 0.611. The number of likely N-dealkylation sites (tertiary alicyclic amines) is 1. The summed E-state index contributed by atoms with van der Waals surface area (Å²) in [6.07, 6.45) is 3.32. The van der Waals surface area contributed by atoms with Crippen LogP contribution in [-0.2, 0) is 9.53 Å². The van der Waals surface area contributed by atoms with Crippen LogP contribution in [0.5, 0.6) is 0 Å². The van der Waals surface area contributed by atoms with Gasteiger partial charge in [0, 0.05) is 25.8 Å². The quantitative estimate of drug-likeness (QED) is 0.836. The third-order valence-corrected chi connectivity index (χ3v) is 5.65. The molecule has 3 rings (SSSR count). The maximum absolute atomic E-state index is 12.9. The van der Waals surface area contributed by atoms with Crippen LogP contribution >= 0.6 is 0 Å². The van der Waals surface area contributed by atoms with Crippen molar-refractivity contribution in [1.29, 1.82) is 0 Å². The van der Waals surface area contributed by atoms with E-state index in [0.29, 0.717) is 11.5 Å². The minimum absolute atomic E-state index is 0.0522. The molecule has 2 atom stereocenters. The van der Waals surface area contributed by atoms with Crippen LogP contribution in [0.2, 0.25) is 0 Å². The Hall–Kier alpha value is -1.35. The van der Waals surface area contributed by atoms with Gasteiger partial charge in [-0.1, -0.05) is 30.3 Å². The van der Waals surface area contributed by atoms with E-state index in [1.807, 2.05) is 37.3 Å². The van der Waals surface area contributed by atoms with Crippen LogP contribution in [0.3, 0.4) is 0 Å². The van der Waals surface area contributed by atoms with E-state index < -0.39 is 0 Å². The first-order chi connectivity index (χ1) is 10.1. The van der Waals surface area contributed by atoms with Gasteiger partial charge in [0.1, 0.15) is 0 Å². The largest absolute Gasteiger partial charge is 0.381 e. The van der Waals surface area contributed by atoms with Crippen LogP contribution in [0.4, 0.5) is 0 Å². The predicted molar refractivity (Wildman–Crippen MR) is 83.1 cm³/mol. The van der Waals surface area contributed by atoms with E-state index in [1.54, 1.807) is 0 Å². The summed E-state index contributed by atoms with van der Waals surface area (Å²) in [5.74, 6) is 0.223. The Morgan fingerprint density at radius 3 is 2.57 bits per heavy atom. The molecule has 0 saturated carbocycles. The maximum Gasteiger partial charge on any atom is 0.230 e. The lowest BCUT2D eigenvalue weighted by atomic mass is 9.74. The highest BCUT2D eigenvalue weighted by Gasteiger charge is 2.47. The molecule has 2 unspecified atom stereocenters. The minimum atomic E-state index is -0.0522. The highest BCUT2D eigenvalue weighted by molar-refractivity contribution is 5.84. The third kappa shape index (κ3) is 2.59. The molecular weight excluding hydrogens is 262 g/mol. The summed E-state index contributed by atoms with van der Waals surface area (Å²) in [6.45, 7) is 6.85. The van der Waals surface area contributed by atoms with Crippen LogP contribution in [0, 0.1) is 5.41 Å². The first-order valence-electron chi connectivity index (χ1n) is 8.07. The second-order valence-electron chi connectivity index (χ2n) is 6.56. The minimum Gasteiger partial charge on any atom is -0.381 e. The average Bonchev–Trinajstić information content (AvgIpc) is 2.84. The summed E-state index contributed by atoms with van der Waals surface area (Å²) in [4.78, 5) is 15.0. The first kappa shape index (κ1) is 14.6. The highest BCUT2D eigenvalue weighted by Crippen LogP contribution is 2.45. The van der Waals surface area contributed by atoms with Gasteiger partial charge in [0.25, 0.3) is 0 Å². The summed E-state index contributed by atoms with van der Waals surface area (Å²) < 4.78 is 5.51. The predicted octanol–water partition coefficient (Wildman–Crippen LogP) is 3.21. The molecule has 21 heavy (non-hydrogen) atoms. The Kier molecular flexibility index (Phi) is 4.03. The summed E-state index contributed by atoms with van der Waals surface area (Å²) in [5.41, 5.74) is 1.41. The molecule has 0 N–H and O–H groups in total. The van der Waals surface area contributed by atoms with Crippen LogP contribution in [0.1, 0.15) is 44.6 Å². The van der Waals surface area contributed by atoms with E-state index in [-0.39, 0.29) is 11.8 Å². The van der Waals surface area contributed by atoms with Gasteiger partial charge in [-0.3, -0.25) is 4.79 Å². The summed E-state index contributed by atoms with van der Waals surface area (Å²) >= 11 is 0.